The summed E-state index contributed by atoms with van der Waals surface area (Å²) in [5, 5.41) is 7.80. The van der Waals surface area contributed by atoms with Crippen molar-refractivity contribution in [3.63, 3.8) is 0 Å². The lowest BCUT2D eigenvalue weighted by molar-refractivity contribution is 1.05. The number of thiocarbonyl (C=S) groups is 1. The van der Waals surface area contributed by atoms with Gasteiger partial charge in [0.1, 0.15) is 0 Å². The van der Waals surface area contributed by atoms with Gasteiger partial charge in [0.2, 0.25) is 0 Å². The zero-order chi connectivity index (χ0) is 16.1. The fourth-order valence-corrected chi connectivity index (χ4v) is 2.52. The minimum atomic E-state index is 0.475. The van der Waals surface area contributed by atoms with Crippen molar-refractivity contribution in [3.05, 3.63) is 64.2 Å². The Kier molecular flexibility index (Phi) is 5.28. The SMILES string of the molecule is Cc1ccc(NC(=S)NN=Cc2c(C)cc(C)cc2C)cc1. The monoisotopic (exact) mass is 311 g/mol. The summed E-state index contributed by atoms with van der Waals surface area (Å²) in [6.45, 7) is 8.32. The molecule has 4 heteroatoms. The van der Waals surface area contributed by atoms with Gasteiger partial charge in [-0.15, -0.1) is 0 Å². The van der Waals surface area contributed by atoms with Crippen LogP contribution >= 0.6 is 12.2 Å². The van der Waals surface area contributed by atoms with E-state index in [-0.39, 0.29) is 0 Å². The Bertz CT molecular complexity index is 680. The molecule has 0 saturated heterocycles. The lowest BCUT2D eigenvalue weighted by Crippen LogP contribution is -2.23. The number of anilines is 1. The molecule has 2 N–H and O–H groups in total. The highest BCUT2D eigenvalue weighted by Crippen LogP contribution is 2.14. The van der Waals surface area contributed by atoms with Crippen molar-refractivity contribution in [1.82, 2.24) is 5.43 Å². The van der Waals surface area contributed by atoms with Gasteiger partial charge in [0.05, 0.1) is 6.21 Å². The number of rotatable bonds is 3. The highest BCUT2D eigenvalue weighted by molar-refractivity contribution is 7.80. The van der Waals surface area contributed by atoms with Crippen LogP contribution in [0.25, 0.3) is 0 Å². The van der Waals surface area contributed by atoms with Gasteiger partial charge >= 0.3 is 0 Å². The first-order valence-corrected chi connectivity index (χ1v) is 7.61. The predicted octanol–water partition coefficient (Wildman–Crippen LogP) is 4.24. The molecule has 3 nitrogen and oxygen atoms in total. The molecule has 2 aromatic rings. The van der Waals surface area contributed by atoms with Crippen molar-refractivity contribution in [2.75, 3.05) is 5.32 Å². The van der Waals surface area contributed by atoms with E-state index in [1.165, 1.54) is 22.3 Å². The van der Waals surface area contributed by atoms with Gasteiger partial charge in [0.15, 0.2) is 5.11 Å². The van der Waals surface area contributed by atoms with Crippen LogP contribution in [0.15, 0.2) is 41.5 Å². The molecule has 0 unspecified atom stereocenters. The van der Waals surface area contributed by atoms with Crippen LogP contribution in [0, 0.1) is 27.7 Å². The van der Waals surface area contributed by atoms with Crippen molar-refractivity contribution in [2.24, 2.45) is 5.10 Å². The van der Waals surface area contributed by atoms with Gasteiger partial charge < -0.3 is 5.32 Å². The van der Waals surface area contributed by atoms with E-state index < -0.39 is 0 Å². The summed E-state index contributed by atoms with van der Waals surface area (Å²) in [7, 11) is 0. The third kappa shape index (κ3) is 4.40. The summed E-state index contributed by atoms with van der Waals surface area (Å²) in [6.07, 6.45) is 1.81. The minimum absolute atomic E-state index is 0.475. The summed E-state index contributed by atoms with van der Waals surface area (Å²) in [5.41, 5.74) is 9.81. The Hall–Kier alpha value is -2.20. The van der Waals surface area contributed by atoms with Gasteiger partial charge in [-0.1, -0.05) is 35.4 Å². The van der Waals surface area contributed by atoms with E-state index in [0.29, 0.717) is 5.11 Å². The molecule has 0 atom stereocenters. The number of aryl methyl sites for hydroxylation is 4. The summed E-state index contributed by atoms with van der Waals surface area (Å²) in [4.78, 5) is 0. The van der Waals surface area contributed by atoms with Gasteiger partial charge in [-0.2, -0.15) is 5.10 Å². The fraction of sp³-hybridized carbons (Fsp3) is 0.222. The predicted molar refractivity (Wildman–Crippen MR) is 98.8 cm³/mol. The number of hydrogen-bond donors (Lipinski definition) is 2. The van der Waals surface area contributed by atoms with E-state index in [4.69, 9.17) is 12.2 Å². The molecule has 2 aromatic carbocycles. The molecule has 0 saturated carbocycles. The van der Waals surface area contributed by atoms with Crippen LogP contribution in [0.5, 0.6) is 0 Å². The molecule has 0 heterocycles. The topological polar surface area (TPSA) is 36.4 Å². The molecule has 0 aliphatic heterocycles. The zero-order valence-corrected chi connectivity index (χ0v) is 14.2. The standard InChI is InChI=1S/C18H21N3S/c1-12-5-7-16(8-6-12)20-18(22)21-19-11-17-14(3)9-13(2)10-15(17)4/h5-11H,1-4H3,(H2,20,21,22). The zero-order valence-electron chi connectivity index (χ0n) is 13.4. The van der Waals surface area contributed by atoms with Crippen LogP contribution in [0.1, 0.15) is 27.8 Å². The first-order valence-electron chi connectivity index (χ1n) is 7.20. The Morgan fingerprint density at radius 1 is 0.955 bits per heavy atom. The quantitative estimate of drug-likeness (QED) is 0.506. The van der Waals surface area contributed by atoms with E-state index in [2.05, 4.69) is 55.7 Å². The molecule has 0 radical (unpaired) electrons. The van der Waals surface area contributed by atoms with E-state index in [1.54, 1.807) is 0 Å². The van der Waals surface area contributed by atoms with E-state index in [1.807, 2.05) is 30.5 Å². The Labute approximate surface area is 137 Å². The molecule has 114 valence electrons. The normalized spacial score (nSPS) is 10.7. The van der Waals surface area contributed by atoms with Crippen molar-refractivity contribution in [1.29, 1.82) is 0 Å². The maximum atomic E-state index is 5.23. The average Bonchev–Trinajstić information content (AvgIpc) is 2.44. The van der Waals surface area contributed by atoms with Crippen LogP contribution in [0.4, 0.5) is 5.69 Å². The van der Waals surface area contributed by atoms with Crippen LogP contribution in [-0.4, -0.2) is 11.3 Å². The van der Waals surface area contributed by atoms with Gasteiger partial charge in [-0.3, -0.25) is 5.43 Å². The molecule has 0 aliphatic rings. The van der Waals surface area contributed by atoms with Crippen LogP contribution in [0.2, 0.25) is 0 Å². The molecule has 22 heavy (non-hydrogen) atoms. The molecule has 0 aliphatic carbocycles. The summed E-state index contributed by atoms with van der Waals surface area (Å²) in [6, 6.07) is 12.3. The number of hydrazone groups is 1. The fourth-order valence-electron chi connectivity index (χ4n) is 2.35. The molecule has 0 bridgehead atoms. The molecule has 0 amide bonds. The lowest BCUT2D eigenvalue weighted by atomic mass is 10.0. The van der Waals surface area contributed by atoms with Gasteiger partial charge in [0.25, 0.3) is 0 Å². The smallest absolute Gasteiger partial charge is 0.191 e. The minimum Gasteiger partial charge on any atom is -0.331 e. The van der Waals surface area contributed by atoms with E-state index in [0.717, 1.165) is 11.3 Å². The largest absolute Gasteiger partial charge is 0.331 e. The molecule has 2 rings (SSSR count). The third-order valence-electron chi connectivity index (χ3n) is 3.41. The van der Waals surface area contributed by atoms with Gasteiger partial charge in [-0.25, -0.2) is 0 Å². The number of nitrogens with one attached hydrogen (secondary N) is 2. The number of benzene rings is 2. The molecule has 0 aromatic heterocycles. The number of nitrogens with zero attached hydrogens (tertiary/aromatic N) is 1. The summed E-state index contributed by atoms with van der Waals surface area (Å²) >= 11 is 5.23. The highest BCUT2D eigenvalue weighted by Gasteiger charge is 2.01. The third-order valence-corrected chi connectivity index (χ3v) is 3.60. The summed E-state index contributed by atoms with van der Waals surface area (Å²) < 4.78 is 0. The molecule has 0 fully saturated rings. The van der Waals surface area contributed by atoms with Gasteiger partial charge in [-0.05, 0) is 63.2 Å². The molecule has 0 spiro atoms. The highest BCUT2D eigenvalue weighted by atomic mass is 32.1. The van der Waals surface area contributed by atoms with Crippen molar-refractivity contribution in [2.45, 2.75) is 27.7 Å². The first-order chi connectivity index (χ1) is 10.5. The van der Waals surface area contributed by atoms with Crippen molar-refractivity contribution >= 4 is 29.2 Å². The van der Waals surface area contributed by atoms with Crippen LogP contribution in [0.3, 0.4) is 0 Å². The lowest BCUT2D eigenvalue weighted by Gasteiger charge is -2.08. The maximum Gasteiger partial charge on any atom is 0.191 e. The molecular formula is C18H21N3S. The van der Waals surface area contributed by atoms with Gasteiger partial charge in [0, 0.05) is 11.3 Å². The number of hydrogen-bond acceptors (Lipinski definition) is 2. The maximum absolute atomic E-state index is 5.23. The van der Waals surface area contributed by atoms with Crippen molar-refractivity contribution < 1.29 is 0 Å². The first kappa shape index (κ1) is 16.2. The second kappa shape index (κ2) is 7.18. The van der Waals surface area contributed by atoms with Crippen molar-refractivity contribution in [3.8, 4) is 0 Å². The van der Waals surface area contributed by atoms with E-state index >= 15 is 0 Å². The summed E-state index contributed by atoms with van der Waals surface area (Å²) in [5.74, 6) is 0. The second-order valence-corrected chi connectivity index (χ2v) is 5.91. The second-order valence-electron chi connectivity index (χ2n) is 5.50. The van der Waals surface area contributed by atoms with Crippen LogP contribution in [-0.2, 0) is 0 Å². The average molecular weight is 311 g/mol. The van der Waals surface area contributed by atoms with E-state index in [9.17, 15) is 0 Å². The Morgan fingerprint density at radius 3 is 2.14 bits per heavy atom. The Morgan fingerprint density at radius 2 is 1.55 bits per heavy atom. The Balaban J connectivity index is 1.97. The van der Waals surface area contributed by atoms with Crippen LogP contribution < -0.4 is 10.7 Å². The molecular weight excluding hydrogens is 290 g/mol.